The lowest BCUT2D eigenvalue weighted by Gasteiger charge is -2.40. The summed E-state index contributed by atoms with van der Waals surface area (Å²) in [6.07, 6.45) is -2.04. The van der Waals surface area contributed by atoms with Gasteiger partial charge in [0.05, 0.1) is 11.1 Å². The van der Waals surface area contributed by atoms with Gasteiger partial charge in [-0.15, -0.1) is 0 Å². The molecule has 2 nitrogen and oxygen atoms in total. The van der Waals surface area contributed by atoms with E-state index >= 15 is 0 Å². The first-order valence-electron chi connectivity index (χ1n) is 6.77. The van der Waals surface area contributed by atoms with Crippen LogP contribution in [0.15, 0.2) is 30.8 Å². The molecule has 1 aromatic carbocycles. The van der Waals surface area contributed by atoms with Gasteiger partial charge in [0, 0.05) is 25.3 Å². The molecule has 2 aliphatic rings. The molecule has 108 valence electrons. The van der Waals surface area contributed by atoms with Gasteiger partial charge in [0.25, 0.3) is 0 Å². The Kier molecular flexibility index (Phi) is 3.05. The van der Waals surface area contributed by atoms with Gasteiger partial charge in [-0.3, -0.25) is 0 Å². The third kappa shape index (κ3) is 2.30. The second-order valence-electron chi connectivity index (χ2n) is 5.57. The highest BCUT2D eigenvalue weighted by Crippen LogP contribution is 2.45. The van der Waals surface area contributed by atoms with Gasteiger partial charge in [-0.05, 0) is 30.5 Å². The molecule has 5 heteroatoms. The molecule has 0 bridgehead atoms. The number of benzene rings is 1. The lowest BCUT2D eigenvalue weighted by atomic mass is 10.0. The minimum absolute atomic E-state index is 0.151. The van der Waals surface area contributed by atoms with Gasteiger partial charge < -0.3 is 10.2 Å². The predicted molar refractivity (Wildman–Crippen MR) is 72.0 cm³/mol. The molecule has 1 N–H and O–H groups in total. The largest absolute Gasteiger partial charge is 0.416 e. The van der Waals surface area contributed by atoms with Gasteiger partial charge in [-0.25, -0.2) is 0 Å². The molecule has 1 heterocycles. The van der Waals surface area contributed by atoms with Crippen molar-refractivity contribution in [1.82, 2.24) is 10.2 Å². The van der Waals surface area contributed by atoms with Crippen molar-refractivity contribution in [2.75, 3.05) is 19.6 Å². The monoisotopic (exact) mass is 282 g/mol. The van der Waals surface area contributed by atoms with Crippen molar-refractivity contribution in [3.05, 3.63) is 42.0 Å². The highest BCUT2D eigenvalue weighted by Gasteiger charge is 2.49. The highest BCUT2D eigenvalue weighted by molar-refractivity contribution is 5.63. The van der Waals surface area contributed by atoms with E-state index in [0.717, 1.165) is 55.9 Å². The molecule has 0 radical (unpaired) electrons. The van der Waals surface area contributed by atoms with Crippen molar-refractivity contribution in [2.24, 2.45) is 0 Å². The summed E-state index contributed by atoms with van der Waals surface area (Å²) in [6.45, 7) is 6.78. The smallest absolute Gasteiger partial charge is 0.363 e. The number of nitrogens with zero attached hydrogens (tertiary/aromatic N) is 1. The molecule has 0 atom stereocenters. The van der Waals surface area contributed by atoms with Crippen LogP contribution in [0.1, 0.15) is 24.0 Å². The Morgan fingerprint density at radius 3 is 2.40 bits per heavy atom. The van der Waals surface area contributed by atoms with E-state index in [-0.39, 0.29) is 5.54 Å². The molecule has 0 unspecified atom stereocenters. The van der Waals surface area contributed by atoms with Gasteiger partial charge in [0.15, 0.2) is 0 Å². The Bertz CT molecular complexity index is 515. The van der Waals surface area contributed by atoms with Gasteiger partial charge in [-0.2, -0.15) is 13.2 Å². The SMILES string of the molecule is C=C(c1ccc(C(F)(F)F)cc1)N1CCNCC12CC2. The molecule has 3 rings (SSSR count). The first kappa shape index (κ1) is 13.5. The molecule has 1 saturated carbocycles. The van der Waals surface area contributed by atoms with Crippen molar-refractivity contribution in [3.8, 4) is 0 Å². The van der Waals surface area contributed by atoms with E-state index in [2.05, 4.69) is 16.8 Å². The molecule has 1 aliphatic carbocycles. The van der Waals surface area contributed by atoms with Crippen LogP contribution in [0.3, 0.4) is 0 Å². The third-order valence-corrected chi connectivity index (χ3v) is 4.24. The maximum absolute atomic E-state index is 12.6. The Hall–Kier alpha value is -1.49. The Balaban J connectivity index is 1.80. The van der Waals surface area contributed by atoms with Crippen molar-refractivity contribution < 1.29 is 13.2 Å². The van der Waals surface area contributed by atoms with Crippen LogP contribution in [-0.4, -0.2) is 30.1 Å². The molecule has 2 fully saturated rings. The number of hydrogen-bond donors (Lipinski definition) is 1. The molecule has 1 aromatic rings. The average molecular weight is 282 g/mol. The van der Waals surface area contributed by atoms with E-state index in [0.29, 0.717) is 0 Å². The number of rotatable bonds is 2. The minimum atomic E-state index is -4.29. The average Bonchev–Trinajstić information content (AvgIpc) is 3.18. The minimum Gasteiger partial charge on any atom is -0.363 e. The second kappa shape index (κ2) is 4.52. The maximum atomic E-state index is 12.6. The summed E-state index contributed by atoms with van der Waals surface area (Å²) < 4.78 is 37.7. The van der Waals surface area contributed by atoms with E-state index in [9.17, 15) is 13.2 Å². The van der Waals surface area contributed by atoms with Crippen LogP contribution in [0, 0.1) is 0 Å². The zero-order valence-electron chi connectivity index (χ0n) is 11.1. The van der Waals surface area contributed by atoms with E-state index < -0.39 is 11.7 Å². The summed E-state index contributed by atoms with van der Waals surface area (Å²) >= 11 is 0. The van der Waals surface area contributed by atoms with Gasteiger partial charge in [-0.1, -0.05) is 18.7 Å². The predicted octanol–water partition coefficient (Wildman–Crippen LogP) is 3.11. The fourth-order valence-electron chi connectivity index (χ4n) is 2.86. The number of hydrogen-bond acceptors (Lipinski definition) is 2. The fraction of sp³-hybridized carbons (Fsp3) is 0.467. The summed E-state index contributed by atoms with van der Waals surface area (Å²) in [4.78, 5) is 2.26. The zero-order valence-corrected chi connectivity index (χ0v) is 11.1. The maximum Gasteiger partial charge on any atom is 0.416 e. The van der Waals surface area contributed by atoms with Crippen LogP contribution >= 0.6 is 0 Å². The van der Waals surface area contributed by atoms with Crippen LogP contribution in [0.5, 0.6) is 0 Å². The van der Waals surface area contributed by atoms with E-state index in [4.69, 9.17) is 0 Å². The fourth-order valence-corrected chi connectivity index (χ4v) is 2.86. The number of piperazine rings is 1. The van der Waals surface area contributed by atoms with E-state index in [1.54, 1.807) is 0 Å². The second-order valence-corrected chi connectivity index (χ2v) is 5.57. The van der Waals surface area contributed by atoms with Crippen molar-refractivity contribution in [1.29, 1.82) is 0 Å². The summed E-state index contributed by atoms with van der Waals surface area (Å²) in [5.74, 6) is 0. The Morgan fingerprint density at radius 2 is 1.85 bits per heavy atom. The zero-order chi connectivity index (χ0) is 14.4. The van der Waals surface area contributed by atoms with Crippen LogP contribution in [0.25, 0.3) is 5.70 Å². The highest BCUT2D eigenvalue weighted by atomic mass is 19.4. The Labute approximate surface area is 116 Å². The van der Waals surface area contributed by atoms with Crippen molar-refractivity contribution >= 4 is 5.70 Å². The molecule has 1 aliphatic heterocycles. The number of nitrogens with one attached hydrogen (secondary N) is 1. The molecule has 20 heavy (non-hydrogen) atoms. The lowest BCUT2D eigenvalue weighted by Crippen LogP contribution is -2.51. The van der Waals surface area contributed by atoms with Crippen LogP contribution in [0.4, 0.5) is 13.2 Å². The normalized spacial score (nSPS) is 21.1. The molecule has 1 saturated heterocycles. The van der Waals surface area contributed by atoms with Crippen molar-refractivity contribution in [3.63, 3.8) is 0 Å². The summed E-state index contributed by atoms with van der Waals surface area (Å²) in [5.41, 5.74) is 1.14. The van der Waals surface area contributed by atoms with Gasteiger partial charge in [0.1, 0.15) is 0 Å². The van der Waals surface area contributed by atoms with E-state index in [1.165, 1.54) is 12.1 Å². The van der Waals surface area contributed by atoms with Gasteiger partial charge in [0.2, 0.25) is 0 Å². The molecule has 0 amide bonds. The molecule has 1 spiro atoms. The lowest BCUT2D eigenvalue weighted by molar-refractivity contribution is -0.137. The number of halogens is 3. The van der Waals surface area contributed by atoms with Gasteiger partial charge >= 0.3 is 6.18 Å². The molecule has 0 aromatic heterocycles. The first-order valence-corrected chi connectivity index (χ1v) is 6.77. The standard InChI is InChI=1S/C15H17F3N2/c1-11(20-9-8-19-10-14(20)6-7-14)12-2-4-13(5-3-12)15(16,17)18/h2-5,19H,1,6-10H2. The topological polar surface area (TPSA) is 15.3 Å². The molecular weight excluding hydrogens is 265 g/mol. The first-order chi connectivity index (χ1) is 9.42. The summed E-state index contributed by atoms with van der Waals surface area (Å²) in [5, 5.41) is 3.37. The van der Waals surface area contributed by atoms with Crippen molar-refractivity contribution in [2.45, 2.75) is 24.6 Å². The molecular formula is C15H17F3N2. The Morgan fingerprint density at radius 1 is 1.20 bits per heavy atom. The summed E-state index contributed by atoms with van der Waals surface area (Å²) in [7, 11) is 0. The summed E-state index contributed by atoms with van der Waals surface area (Å²) in [6, 6.07) is 5.29. The van der Waals surface area contributed by atoms with E-state index in [1.807, 2.05) is 0 Å². The quantitative estimate of drug-likeness (QED) is 0.896. The van der Waals surface area contributed by atoms with Crippen LogP contribution < -0.4 is 5.32 Å². The van der Waals surface area contributed by atoms with Crippen LogP contribution in [0.2, 0.25) is 0 Å². The van der Waals surface area contributed by atoms with Crippen LogP contribution in [-0.2, 0) is 6.18 Å². The third-order valence-electron chi connectivity index (χ3n) is 4.24. The number of alkyl halides is 3.